The number of hydrogen-bond donors (Lipinski definition) is 2. The average molecular weight is 290 g/mol. The number of rotatable bonds is 5. The number of ether oxygens (including phenoxy) is 1. The van der Waals surface area contributed by atoms with Gasteiger partial charge in [0.1, 0.15) is 5.75 Å². The van der Waals surface area contributed by atoms with Crippen molar-refractivity contribution in [3.05, 3.63) is 29.3 Å². The lowest BCUT2D eigenvalue weighted by molar-refractivity contribution is -0.140. The van der Waals surface area contributed by atoms with Crippen molar-refractivity contribution in [3.8, 4) is 5.75 Å². The Kier molecular flexibility index (Phi) is 5.38. The van der Waals surface area contributed by atoms with Crippen LogP contribution in [0.5, 0.6) is 5.75 Å². The van der Waals surface area contributed by atoms with Crippen molar-refractivity contribution in [1.82, 2.24) is 10.6 Å². The van der Waals surface area contributed by atoms with Crippen molar-refractivity contribution in [3.63, 3.8) is 0 Å². The van der Waals surface area contributed by atoms with E-state index in [1.54, 1.807) is 7.05 Å². The largest absolute Gasteiger partial charge is 0.480 e. The molecule has 1 atom stereocenters. The smallest absolute Gasteiger partial charge is 0.419 e. The van der Waals surface area contributed by atoms with Crippen LogP contribution in [-0.4, -0.2) is 26.1 Å². The second-order valence-electron chi connectivity index (χ2n) is 4.23. The van der Waals surface area contributed by atoms with Crippen LogP contribution in [0.1, 0.15) is 18.1 Å². The summed E-state index contributed by atoms with van der Waals surface area (Å²) in [5.74, 6) is -0.842. The Hall–Kier alpha value is -1.76. The molecule has 1 unspecified atom stereocenters. The predicted molar refractivity (Wildman–Crippen MR) is 68.4 cm³/mol. The molecule has 0 aliphatic rings. The molecule has 0 saturated heterocycles. The van der Waals surface area contributed by atoms with Gasteiger partial charge in [0.2, 0.25) is 0 Å². The molecule has 0 aromatic heterocycles. The van der Waals surface area contributed by atoms with E-state index < -0.39 is 23.8 Å². The third-order valence-corrected chi connectivity index (χ3v) is 2.65. The molecule has 0 spiro atoms. The first kappa shape index (κ1) is 16.3. The molecule has 0 fully saturated rings. The Bertz CT molecular complexity index is 475. The normalized spacial score (nSPS) is 12.9. The molecule has 20 heavy (non-hydrogen) atoms. The SMILES string of the molecule is CNCc1ccc(OC(C)C(=O)NC)c(C(F)(F)F)c1. The van der Waals surface area contributed by atoms with Crippen LogP contribution < -0.4 is 15.4 Å². The van der Waals surface area contributed by atoms with Crippen molar-refractivity contribution in [2.45, 2.75) is 25.7 Å². The Labute approximate surface area is 115 Å². The van der Waals surface area contributed by atoms with Crippen molar-refractivity contribution in [2.24, 2.45) is 0 Å². The van der Waals surface area contributed by atoms with Gasteiger partial charge in [-0.1, -0.05) is 6.07 Å². The van der Waals surface area contributed by atoms with Gasteiger partial charge < -0.3 is 15.4 Å². The molecule has 1 rings (SSSR count). The molecule has 0 heterocycles. The van der Waals surface area contributed by atoms with Gasteiger partial charge in [0.15, 0.2) is 6.10 Å². The summed E-state index contributed by atoms with van der Waals surface area (Å²) in [7, 11) is 3.04. The lowest BCUT2D eigenvalue weighted by Crippen LogP contribution is -2.34. The summed E-state index contributed by atoms with van der Waals surface area (Å²) >= 11 is 0. The molecule has 0 aliphatic heterocycles. The molecule has 4 nitrogen and oxygen atoms in total. The fraction of sp³-hybridized carbons (Fsp3) is 0.462. The number of nitrogens with one attached hydrogen (secondary N) is 2. The molecular weight excluding hydrogens is 273 g/mol. The molecule has 2 N–H and O–H groups in total. The minimum atomic E-state index is -4.54. The van der Waals surface area contributed by atoms with E-state index in [9.17, 15) is 18.0 Å². The maximum Gasteiger partial charge on any atom is 0.419 e. The van der Waals surface area contributed by atoms with Crippen molar-refractivity contribution in [1.29, 1.82) is 0 Å². The van der Waals surface area contributed by atoms with E-state index in [1.165, 1.54) is 26.1 Å². The van der Waals surface area contributed by atoms with E-state index in [2.05, 4.69) is 10.6 Å². The van der Waals surface area contributed by atoms with Gasteiger partial charge in [0.05, 0.1) is 5.56 Å². The molecule has 7 heteroatoms. The van der Waals surface area contributed by atoms with Crippen LogP contribution in [0.25, 0.3) is 0 Å². The number of carbonyl (C=O) groups excluding carboxylic acids is 1. The highest BCUT2D eigenvalue weighted by atomic mass is 19.4. The maximum atomic E-state index is 13.0. The predicted octanol–water partition coefficient (Wildman–Crippen LogP) is 1.94. The standard InChI is InChI=1S/C13H17F3N2O2/c1-8(12(19)18-3)20-11-5-4-9(7-17-2)6-10(11)13(14,15)16/h4-6,8,17H,7H2,1-3H3,(H,18,19). The van der Waals surface area contributed by atoms with Gasteiger partial charge in [-0.2, -0.15) is 13.2 Å². The van der Waals surface area contributed by atoms with Gasteiger partial charge in [-0.3, -0.25) is 4.79 Å². The first-order chi connectivity index (χ1) is 9.29. The summed E-state index contributed by atoms with van der Waals surface area (Å²) in [6, 6.07) is 3.77. The first-order valence-corrected chi connectivity index (χ1v) is 6.02. The van der Waals surface area contributed by atoms with E-state index in [4.69, 9.17) is 4.74 Å². The van der Waals surface area contributed by atoms with E-state index in [0.717, 1.165) is 6.07 Å². The summed E-state index contributed by atoms with van der Waals surface area (Å²) in [6.07, 6.45) is -5.54. The number of amides is 1. The minimum absolute atomic E-state index is 0.314. The summed E-state index contributed by atoms with van der Waals surface area (Å²) in [4.78, 5) is 11.3. The van der Waals surface area contributed by atoms with Crippen LogP contribution in [0.15, 0.2) is 18.2 Å². The van der Waals surface area contributed by atoms with Crippen LogP contribution >= 0.6 is 0 Å². The average Bonchev–Trinajstić information content (AvgIpc) is 2.38. The van der Waals surface area contributed by atoms with Gasteiger partial charge in [-0.25, -0.2) is 0 Å². The van der Waals surface area contributed by atoms with Gasteiger partial charge in [-0.05, 0) is 31.7 Å². The first-order valence-electron chi connectivity index (χ1n) is 6.02. The van der Waals surface area contributed by atoms with E-state index >= 15 is 0 Å². The van der Waals surface area contributed by atoms with Crippen LogP contribution in [0, 0.1) is 0 Å². The van der Waals surface area contributed by atoms with Gasteiger partial charge >= 0.3 is 6.18 Å². The van der Waals surface area contributed by atoms with E-state index in [1.807, 2.05) is 0 Å². The summed E-state index contributed by atoms with van der Waals surface area (Å²) in [6.45, 7) is 1.70. The number of likely N-dealkylation sites (N-methyl/N-ethyl adjacent to an activating group) is 1. The molecule has 0 bridgehead atoms. The van der Waals surface area contributed by atoms with Crippen LogP contribution in [0.3, 0.4) is 0 Å². The van der Waals surface area contributed by atoms with Crippen LogP contribution in [0.2, 0.25) is 0 Å². The monoisotopic (exact) mass is 290 g/mol. The third-order valence-electron chi connectivity index (χ3n) is 2.65. The molecule has 0 saturated carbocycles. The van der Waals surface area contributed by atoms with E-state index in [-0.39, 0.29) is 5.75 Å². The van der Waals surface area contributed by atoms with Crippen molar-refractivity contribution >= 4 is 5.91 Å². The molecular formula is C13H17F3N2O2. The fourth-order valence-corrected chi connectivity index (χ4v) is 1.66. The van der Waals surface area contributed by atoms with Gasteiger partial charge in [-0.15, -0.1) is 0 Å². The zero-order valence-electron chi connectivity index (χ0n) is 11.5. The second-order valence-corrected chi connectivity index (χ2v) is 4.23. The summed E-state index contributed by atoms with van der Waals surface area (Å²) in [5, 5.41) is 5.10. The summed E-state index contributed by atoms with van der Waals surface area (Å²) in [5.41, 5.74) is -0.402. The number of hydrogen-bond acceptors (Lipinski definition) is 3. The molecule has 1 aromatic rings. The highest BCUT2D eigenvalue weighted by molar-refractivity contribution is 5.80. The second kappa shape index (κ2) is 6.60. The van der Waals surface area contributed by atoms with Crippen LogP contribution in [-0.2, 0) is 17.5 Å². The van der Waals surface area contributed by atoms with Gasteiger partial charge in [0.25, 0.3) is 5.91 Å². The van der Waals surface area contributed by atoms with Gasteiger partial charge in [0, 0.05) is 13.6 Å². The maximum absolute atomic E-state index is 13.0. The molecule has 1 aromatic carbocycles. The topological polar surface area (TPSA) is 50.4 Å². The van der Waals surface area contributed by atoms with Crippen LogP contribution in [0.4, 0.5) is 13.2 Å². The molecule has 112 valence electrons. The molecule has 1 amide bonds. The minimum Gasteiger partial charge on any atom is -0.480 e. The Morgan fingerprint density at radius 3 is 2.50 bits per heavy atom. The fourth-order valence-electron chi connectivity index (χ4n) is 1.66. The highest BCUT2D eigenvalue weighted by Crippen LogP contribution is 2.37. The number of carbonyl (C=O) groups is 1. The third kappa shape index (κ3) is 4.12. The lowest BCUT2D eigenvalue weighted by atomic mass is 10.1. The van der Waals surface area contributed by atoms with Crippen molar-refractivity contribution < 1.29 is 22.7 Å². The molecule has 0 radical (unpaired) electrons. The van der Waals surface area contributed by atoms with E-state index in [0.29, 0.717) is 12.1 Å². The Morgan fingerprint density at radius 1 is 1.35 bits per heavy atom. The van der Waals surface area contributed by atoms with Crippen molar-refractivity contribution in [2.75, 3.05) is 14.1 Å². The Balaban J connectivity index is 3.09. The number of alkyl halides is 3. The zero-order valence-corrected chi connectivity index (χ0v) is 11.5. The summed E-state index contributed by atoms with van der Waals surface area (Å²) < 4.78 is 44.1. The quantitative estimate of drug-likeness (QED) is 0.871. The number of halogens is 3. The highest BCUT2D eigenvalue weighted by Gasteiger charge is 2.35. The molecule has 0 aliphatic carbocycles. The lowest BCUT2D eigenvalue weighted by Gasteiger charge is -2.18. The number of benzene rings is 1. The zero-order chi connectivity index (χ0) is 15.3. The Morgan fingerprint density at radius 2 is 2.00 bits per heavy atom.